The van der Waals surface area contributed by atoms with Gasteiger partial charge in [0.25, 0.3) is 0 Å². The minimum absolute atomic E-state index is 0.198. The quantitative estimate of drug-likeness (QED) is 0.787. The second kappa shape index (κ2) is 6.72. The molecule has 19 heavy (non-hydrogen) atoms. The van der Waals surface area contributed by atoms with E-state index in [0.717, 1.165) is 6.42 Å². The molecule has 0 fully saturated rings. The van der Waals surface area contributed by atoms with Gasteiger partial charge in [-0.3, -0.25) is 0 Å². The van der Waals surface area contributed by atoms with Crippen molar-refractivity contribution in [3.8, 4) is 5.75 Å². The van der Waals surface area contributed by atoms with Crippen molar-refractivity contribution in [3.05, 3.63) is 26.6 Å². The lowest BCUT2D eigenvalue weighted by atomic mass is 10.1. The van der Waals surface area contributed by atoms with E-state index in [2.05, 4.69) is 31.9 Å². The van der Waals surface area contributed by atoms with Crippen molar-refractivity contribution in [2.45, 2.75) is 25.9 Å². The van der Waals surface area contributed by atoms with E-state index in [4.69, 9.17) is 14.6 Å². The molecule has 0 amide bonds. The largest absolute Gasteiger partial charge is 0.491 e. The second-order valence-corrected chi connectivity index (χ2v) is 6.35. The second-order valence-electron chi connectivity index (χ2n) is 4.64. The Bertz CT molecular complexity index is 449. The van der Waals surface area contributed by atoms with Gasteiger partial charge in [0.2, 0.25) is 0 Å². The number of carboxylic acids is 1. The summed E-state index contributed by atoms with van der Waals surface area (Å²) in [5, 5.41) is 8.94. The van der Waals surface area contributed by atoms with Crippen LogP contribution in [0.5, 0.6) is 5.75 Å². The highest BCUT2D eigenvalue weighted by Gasteiger charge is 2.18. The maximum atomic E-state index is 10.9. The van der Waals surface area contributed by atoms with Gasteiger partial charge < -0.3 is 14.6 Å². The number of rotatable bonds is 6. The average Bonchev–Trinajstić information content (AvgIpc) is 2.32. The summed E-state index contributed by atoms with van der Waals surface area (Å²) in [5.74, 6) is -0.384. The van der Waals surface area contributed by atoms with Crippen molar-refractivity contribution < 1.29 is 19.4 Å². The first-order chi connectivity index (χ1) is 8.76. The number of hydrogen-bond donors (Lipinski definition) is 1. The monoisotopic (exact) mass is 394 g/mol. The Hall–Kier alpha value is -0.590. The van der Waals surface area contributed by atoms with Crippen molar-refractivity contribution >= 4 is 37.8 Å². The molecule has 0 spiro atoms. The maximum Gasteiger partial charge on any atom is 0.335 e. The number of carboxylic acid groups (broad SMARTS) is 1. The summed E-state index contributed by atoms with van der Waals surface area (Å²) in [6.45, 7) is 4.44. The number of methoxy groups -OCH3 is 1. The average molecular weight is 396 g/mol. The fourth-order valence-corrected chi connectivity index (χ4v) is 2.74. The highest BCUT2D eigenvalue weighted by molar-refractivity contribution is 9.11. The van der Waals surface area contributed by atoms with Gasteiger partial charge in [0.05, 0.1) is 26.7 Å². The smallest absolute Gasteiger partial charge is 0.335 e. The molecular weight excluding hydrogens is 380 g/mol. The summed E-state index contributed by atoms with van der Waals surface area (Å²) in [5.41, 5.74) is -0.0525. The molecule has 0 aliphatic carbocycles. The summed E-state index contributed by atoms with van der Waals surface area (Å²) >= 11 is 6.63. The van der Waals surface area contributed by atoms with E-state index in [-0.39, 0.29) is 11.2 Å². The molecule has 1 aromatic rings. The van der Waals surface area contributed by atoms with E-state index in [1.807, 2.05) is 13.8 Å². The highest BCUT2D eigenvalue weighted by Crippen LogP contribution is 2.35. The van der Waals surface area contributed by atoms with Gasteiger partial charge in [-0.1, -0.05) is 0 Å². The Labute approximate surface area is 129 Å². The number of benzene rings is 1. The van der Waals surface area contributed by atoms with E-state index in [1.165, 1.54) is 12.1 Å². The molecular formula is C13H16Br2O4. The third-order valence-electron chi connectivity index (χ3n) is 2.75. The lowest BCUT2D eigenvalue weighted by molar-refractivity contribution is 0.00533. The SMILES string of the molecule is COC(C)(C)CCOc1c(Br)cc(C(=O)O)cc1Br. The summed E-state index contributed by atoms with van der Waals surface area (Å²) in [6.07, 6.45) is 0.725. The number of carbonyl (C=O) groups is 1. The van der Waals surface area contributed by atoms with Crippen LogP contribution in [0.2, 0.25) is 0 Å². The summed E-state index contributed by atoms with van der Waals surface area (Å²) < 4.78 is 12.2. The molecule has 1 N–H and O–H groups in total. The fraction of sp³-hybridized carbons (Fsp3) is 0.462. The molecule has 4 nitrogen and oxygen atoms in total. The van der Waals surface area contributed by atoms with E-state index in [0.29, 0.717) is 21.3 Å². The lowest BCUT2D eigenvalue weighted by Gasteiger charge is -2.23. The van der Waals surface area contributed by atoms with Crippen molar-refractivity contribution in [1.29, 1.82) is 0 Å². The molecule has 0 saturated carbocycles. The van der Waals surface area contributed by atoms with Gasteiger partial charge in [-0.05, 0) is 57.8 Å². The molecule has 1 rings (SSSR count). The van der Waals surface area contributed by atoms with Gasteiger partial charge in [-0.2, -0.15) is 0 Å². The molecule has 6 heteroatoms. The zero-order chi connectivity index (χ0) is 14.6. The first-order valence-electron chi connectivity index (χ1n) is 5.67. The van der Waals surface area contributed by atoms with Crippen LogP contribution < -0.4 is 4.74 Å². The Morgan fingerprint density at radius 1 is 1.32 bits per heavy atom. The fourth-order valence-electron chi connectivity index (χ4n) is 1.32. The molecule has 0 bridgehead atoms. The number of ether oxygens (including phenoxy) is 2. The van der Waals surface area contributed by atoms with E-state index in [9.17, 15) is 4.79 Å². The molecule has 0 aliphatic rings. The maximum absolute atomic E-state index is 10.9. The number of halogens is 2. The van der Waals surface area contributed by atoms with Crippen molar-refractivity contribution in [3.63, 3.8) is 0 Å². The topological polar surface area (TPSA) is 55.8 Å². The van der Waals surface area contributed by atoms with Crippen LogP contribution in [0.1, 0.15) is 30.6 Å². The van der Waals surface area contributed by atoms with Crippen molar-refractivity contribution in [2.24, 2.45) is 0 Å². The van der Waals surface area contributed by atoms with Crippen LogP contribution >= 0.6 is 31.9 Å². The summed E-state index contributed by atoms with van der Waals surface area (Å²) in [7, 11) is 1.66. The molecule has 1 aromatic carbocycles. The zero-order valence-corrected chi connectivity index (χ0v) is 14.2. The zero-order valence-electron chi connectivity index (χ0n) is 11.0. The molecule has 0 radical (unpaired) electrons. The molecule has 0 unspecified atom stereocenters. The van der Waals surface area contributed by atoms with Gasteiger partial charge >= 0.3 is 5.97 Å². The number of aromatic carboxylic acids is 1. The first kappa shape index (κ1) is 16.5. The molecule has 0 atom stereocenters. The third kappa shape index (κ3) is 4.78. The normalized spacial score (nSPS) is 11.4. The van der Waals surface area contributed by atoms with E-state index >= 15 is 0 Å². The molecule has 0 heterocycles. The van der Waals surface area contributed by atoms with Crippen LogP contribution in [0.25, 0.3) is 0 Å². The van der Waals surface area contributed by atoms with Crippen LogP contribution in [0.4, 0.5) is 0 Å². The Balaban J connectivity index is 2.77. The minimum Gasteiger partial charge on any atom is -0.491 e. The van der Waals surface area contributed by atoms with Gasteiger partial charge in [0.15, 0.2) is 0 Å². The molecule has 106 valence electrons. The Kier molecular flexibility index (Phi) is 5.82. The molecule has 0 saturated heterocycles. The third-order valence-corrected chi connectivity index (χ3v) is 3.93. The predicted octanol–water partition coefficient (Wildman–Crippen LogP) is 4.10. The van der Waals surface area contributed by atoms with Crippen molar-refractivity contribution in [2.75, 3.05) is 13.7 Å². The van der Waals surface area contributed by atoms with E-state index in [1.54, 1.807) is 7.11 Å². The summed E-state index contributed by atoms with van der Waals surface area (Å²) in [6, 6.07) is 3.04. The Morgan fingerprint density at radius 2 is 1.84 bits per heavy atom. The van der Waals surface area contributed by atoms with Gasteiger partial charge in [-0.25, -0.2) is 4.79 Å². The van der Waals surface area contributed by atoms with Crippen LogP contribution in [0, 0.1) is 0 Å². The number of hydrogen-bond acceptors (Lipinski definition) is 3. The Morgan fingerprint density at radius 3 is 2.26 bits per heavy atom. The lowest BCUT2D eigenvalue weighted by Crippen LogP contribution is -2.25. The predicted molar refractivity (Wildman–Crippen MR) is 80.0 cm³/mol. The summed E-state index contributed by atoms with van der Waals surface area (Å²) in [4.78, 5) is 10.9. The highest BCUT2D eigenvalue weighted by atomic mass is 79.9. The molecule has 0 aromatic heterocycles. The standard InChI is InChI=1S/C13H16Br2O4/c1-13(2,18-3)4-5-19-11-9(14)6-8(12(16)17)7-10(11)15/h6-7H,4-5H2,1-3H3,(H,16,17). The molecule has 0 aliphatic heterocycles. The van der Waals surface area contributed by atoms with Crippen LogP contribution in [0.3, 0.4) is 0 Å². The van der Waals surface area contributed by atoms with Gasteiger partial charge in [0, 0.05) is 13.5 Å². The van der Waals surface area contributed by atoms with Crippen LogP contribution in [-0.2, 0) is 4.74 Å². The van der Waals surface area contributed by atoms with E-state index < -0.39 is 5.97 Å². The van der Waals surface area contributed by atoms with Crippen molar-refractivity contribution in [1.82, 2.24) is 0 Å². The van der Waals surface area contributed by atoms with Gasteiger partial charge in [0.1, 0.15) is 5.75 Å². The van der Waals surface area contributed by atoms with Crippen LogP contribution in [-0.4, -0.2) is 30.4 Å². The van der Waals surface area contributed by atoms with Crippen LogP contribution in [0.15, 0.2) is 21.1 Å². The first-order valence-corrected chi connectivity index (χ1v) is 7.26. The van der Waals surface area contributed by atoms with Gasteiger partial charge in [-0.15, -0.1) is 0 Å². The minimum atomic E-state index is -0.978.